The largest absolute Gasteiger partial charge is 0.466 e. The number of hydrogen-bond donors (Lipinski definition) is 0. The first kappa shape index (κ1) is 15.5. The van der Waals surface area contributed by atoms with Crippen molar-refractivity contribution in [3.05, 3.63) is 0 Å². The van der Waals surface area contributed by atoms with Crippen molar-refractivity contribution < 1.29 is 9.53 Å². The Labute approximate surface area is 88.8 Å². The lowest BCUT2D eigenvalue weighted by Gasteiger charge is -2.01. The van der Waals surface area contributed by atoms with Crippen molar-refractivity contribution in [2.75, 3.05) is 6.61 Å². The van der Waals surface area contributed by atoms with Gasteiger partial charge in [0.1, 0.15) is 0 Å². The van der Waals surface area contributed by atoms with Crippen LogP contribution in [0.5, 0.6) is 0 Å². The van der Waals surface area contributed by atoms with Gasteiger partial charge in [0.25, 0.3) is 0 Å². The predicted octanol–water partition coefficient (Wildman–Crippen LogP) is 2.65. The number of carbonyl (C=O) groups is 1. The summed E-state index contributed by atoms with van der Waals surface area (Å²) in [6.07, 6.45) is 0. The Hall–Kier alpha value is 0.00247. The van der Waals surface area contributed by atoms with Crippen LogP contribution in [0.1, 0.15) is 41.5 Å². The lowest BCUT2D eigenvalue weighted by Crippen LogP contribution is -1.98. The van der Waals surface area contributed by atoms with E-state index in [0.29, 0.717) is 6.61 Å². The molecule has 0 aliphatic carbocycles. The van der Waals surface area contributed by atoms with Gasteiger partial charge in [-0.25, -0.2) is 0 Å². The zero-order valence-electron chi connectivity index (χ0n) is 9.89. The topological polar surface area (TPSA) is 26.3 Å². The van der Waals surface area contributed by atoms with Gasteiger partial charge in [0.05, 0.1) is 6.61 Å². The van der Waals surface area contributed by atoms with Gasteiger partial charge in [0.15, 0.2) is 0 Å². The average molecular weight is 202 g/mol. The van der Waals surface area contributed by atoms with E-state index in [2.05, 4.69) is 32.4 Å². The molecule has 0 aromatic rings. The zero-order valence-corrected chi connectivity index (χ0v) is 11.3. The molecule has 0 saturated heterocycles. The molecule has 0 atom stereocenters. The minimum absolute atomic E-state index is 0.211. The van der Waals surface area contributed by atoms with Crippen molar-refractivity contribution in [3.63, 3.8) is 0 Å². The van der Waals surface area contributed by atoms with Crippen LogP contribution in [0.3, 0.4) is 0 Å². The first-order chi connectivity index (χ1) is 5.90. The van der Waals surface area contributed by atoms with Crippen LogP contribution in [0.25, 0.3) is 0 Å². The van der Waals surface area contributed by atoms with Crippen LogP contribution < -0.4 is 0 Å². The third-order valence-corrected chi connectivity index (χ3v) is 3.18. The Morgan fingerprint density at radius 3 is 1.62 bits per heavy atom. The summed E-state index contributed by atoms with van der Waals surface area (Å²) in [4.78, 5) is 9.82. The van der Waals surface area contributed by atoms with Crippen molar-refractivity contribution in [1.82, 2.24) is 0 Å². The van der Waals surface area contributed by atoms with Crippen LogP contribution in [0, 0.1) is 0 Å². The van der Waals surface area contributed by atoms with Gasteiger partial charge in [0, 0.05) is 6.92 Å². The molecule has 0 rings (SSSR count). The van der Waals surface area contributed by atoms with Crippen molar-refractivity contribution in [3.8, 4) is 0 Å². The van der Waals surface area contributed by atoms with Crippen molar-refractivity contribution >= 4 is 21.2 Å². The standard InChI is InChI=1S/C4H8O2.2C3H7.Al.H/c1-3-6-4(2)5;2*1-3-2;;/h3H2,1-2H3;2*3H,1-2H3;;. The second-order valence-corrected chi connectivity index (χ2v) is 7.69. The molecule has 0 aliphatic heterocycles. The van der Waals surface area contributed by atoms with Gasteiger partial charge >= 0.3 is 5.97 Å². The number of carbonyl (C=O) groups excluding carboxylic acids is 1. The molecule has 0 fully saturated rings. The van der Waals surface area contributed by atoms with E-state index in [1.165, 1.54) is 6.92 Å². The minimum atomic E-state index is -0.211. The van der Waals surface area contributed by atoms with Gasteiger partial charge in [0.2, 0.25) is 15.2 Å². The van der Waals surface area contributed by atoms with Gasteiger partial charge in [-0.15, -0.1) is 0 Å². The highest BCUT2D eigenvalue weighted by molar-refractivity contribution is 6.38. The van der Waals surface area contributed by atoms with E-state index >= 15 is 0 Å². The number of ether oxygens (including phenoxy) is 1. The highest BCUT2D eigenvalue weighted by atomic mass is 27.1. The molecule has 2 nitrogen and oxygen atoms in total. The van der Waals surface area contributed by atoms with Gasteiger partial charge in [-0.05, 0) is 6.92 Å². The fourth-order valence-corrected chi connectivity index (χ4v) is 3.03. The van der Waals surface area contributed by atoms with Crippen LogP contribution in [-0.2, 0) is 9.53 Å². The fraction of sp³-hybridized carbons (Fsp3) is 0.900. The summed E-state index contributed by atoms with van der Waals surface area (Å²) >= 11 is 0.281. The van der Waals surface area contributed by atoms with Gasteiger partial charge in [-0.1, -0.05) is 37.3 Å². The lowest BCUT2D eigenvalue weighted by atomic mass is 10.5. The normalized spacial score (nSPS) is 9.23. The molecule has 0 aliphatic rings. The number of hydrogen-bond acceptors (Lipinski definition) is 2. The van der Waals surface area contributed by atoms with E-state index in [4.69, 9.17) is 0 Å². The van der Waals surface area contributed by atoms with E-state index in [-0.39, 0.29) is 21.2 Å². The maximum absolute atomic E-state index is 9.82. The fourth-order valence-electron chi connectivity index (χ4n) is 1.15. The van der Waals surface area contributed by atoms with Crippen molar-refractivity contribution in [2.24, 2.45) is 0 Å². The molecule has 0 aromatic carbocycles. The summed E-state index contributed by atoms with van der Waals surface area (Å²) in [7, 11) is 0. The second-order valence-electron chi connectivity index (χ2n) is 3.95. The zero-order chi connectivity index (χ0) is 10.9. The number of esters is 1. The summed E-state index contributed by atoms with van der Waals surface area (Å²) < 4.78 is 6.43. The second kappa shape index (κ2) is 10.1. The molecule has 0 radical (unpaired) electrons. The SMILES string of the molecule is CCOC(C)=O.C[CH](C)[AlH][CH](C)C. The molecular formula is C10H23AlO2. The van der Waals surface area contributed by atoms with Crippen LogP contribution in [0.2, 0.25) is 9.56 Å². The predicted molar refractivity (Wildman–Crippen MR) is 59.7 cm³/mol. The molecule has 13 heavy (non-hydrogen) atoms. The quantitative estimate of drug-likeness (QED) is 0.519. The molecule has 0 N–H and O–H groups in total. The monoisotopic (exact) mass is 202 g/mol. The molecule has 0 spiro atoms. The molecule has 0 saturated carbocycles. The maximum atomic E-state index is 9.82. The van der Waals surface area contributed by atoms with Gasteiger partial charge < -0.3 is 4.74 Å². The first-order valence-electron chi connectivity index (χ1n) is 5.03. The van der Waals surface area contributed by atoms with Crippen LogP contribution in [0.15, 0.2) is 0 Å². The molecule has 78 valence electrons. The maximum Gasteiger partial charge on any atom is 0.302 e. The number of rotatable bonds is 3. The third kappa shape index (κ3) is 24.5. The highest BCUT2D eigenvalue weighted by Gasteiger charge is 2.01. The smallest absolute Gasteiger partial charge is 0.302 e. The molecule has 3 heteroatoms. The van der Waals surface area contributed by atoms with Crippen molar-refractivity contribution in [1.29, 1.82) is 0 Å². The van der Waals surface area contributed by atoms with E-state index < -0.39 is 0 Å². The summed E-state index contributed by atoms with van der Waals surface area (Å²) in [6.45, 7) is 13.0. The van der Waals surface area contributed by atoms with Gasteiger partial charge in [-0.2, -0.15) is 0 Å². The van der Waals surface area contributed by atoms with Crippen LogP contribution >= 0.6 is 0 Å². The molecular weight excluding hydrogens is 179 g/mol. The molecule has 0 amide bonds. The summed E-state index contributed by atoms with van der Waals surface area (Å²) in [5, 5.41) is 0. The molecule has 0 heterocycles. The van der Waals surface area contributed by atoms with Crippen LogP contribution in [-0.4, -0.2) is 27.8 Å². The minimum Gasteiger partial charge on any atom is -0.466 e. The van der Waals surface area contributed by atoms with E-state index in [1.807, 2.05) is 0 Å². The average Bonchev–Trinajstić information content (AvgIpc) is 1.83. The van der Waals surface area contributed by atoms with Gasteiger partial charge in [-0.3, -0.25) is 4.79 Å². The first-order valence-corrected chi connectivity index (χ1v) is 6.66. The Morgan fingerprint density at radius 1 is 1.23 bits per heavy atom. The Morgan fingerprint density at radius 2 is 1.62 bits per heavy atom. The highest BCUT2D eigenvalue weighted by Crippen LogP contribution is 2.07. The molecule has 0 aromatic heterocycles. The summed E-state index contributed by atoms with van der Waals surface area (Å²) in [5.41, 5.74) is 0. The Kier molecular flexibility index (Phi) is 12.0. The van der Waals surface area contributed by atoms with Crippen LogP contribution in [0.4, 0.5) is 0 Å². The van der Waals surface area contributed by atoms with E-state index in [0.717, 1.165) is 9.56 Å². The van der Waals surface area contributed by atoms with E-state index in [9.17, 15) is 4.79 Å². The Balaban J connectivity index is 0. The molecule has 0 unspecified atom stereocenters. The lowest BCUT2D eigenvalue weighted by molar-refractivity contribution is -0.140. The Bertz CT molecular complexity index is 116. The van der Waals surface area contributed by atoms with E-state index in [1.54, 1.807) is 6.92 Å². The third-order valence-electron chi connectivity index (χ3n) is 1.29. The summed E-state index contributed by atoms with van der Waals surface area (Å²) in [5.74, 6) is -0.211. The summed E-state index contributed by atoms with van der Waals surface area (Å²) in [6, 6.07) is 0. The van der Waals surface area contributed by atoms with Crippen molar-refractivity contribution in [2.45, 2.75) is 51.1 Å². The molecule has 0 bridgehead atoms.